The maximum Gasteiger partial charge on any atom is 0.415 e. The van der Waals surface area contributed by atoms with Gasteiger partial charge in [-0.25, -0.2) is 4.79 Å². The first-order chi connectivity index (χ1) is 5.07. The number of hydrogen-bond donors (Lipinski definition) is 0. The molecule has 0 atom stereocenters. The van der Waals surface area contributed by atoms with Crippen molar-refractivity contribution in [2.24, 2.45) is 0 Å². The van der Waals surface area contributed by atoms with E-state index in [4.69, 9.17) is 0 Å². The molecule has 62 valence electrons. The van der Waals surface area contributed by atoms with Crippen molar-refractivity contribution in [1.29, 1.82) is 0 Å². The number of nitrogens with zero attached hydrogens (tertiary/aromatic N) is 1. The lowest BCUT2D eigenvalue weighted by Gasteiger charge is -2.12. The molecule has 0 spiro atoms. The van der Waals surface area contributed by atoms with E-state index in [0.717, 1.165) is 4.90 Å². The zero-order chi connectivity index (χ0) is 8.85. The molecule has 0 aliphatic rings. The third-order valence-corrected chi connectivity index (χ3v) is 0.922. The van der Waals surface area contributed by atoms with Gasteiger partial charge in [0.1, 0.15) is 6.29 Å². The Kier molecular flexibility index (Phi) is 3.95. The van der Waals surface area contributed by atoms with Gasteiger partial charge in [0.15, 0.2) is 0 Å². The monoisotopic (exact) mass is 157 g/mol. The molecule has 4 heteroatoms. The van der Waals surface area contributed by atoms with Crippen molar-refractivity contribution in [2.45, 2.75) is 6.92 Å². The van der Waals surface area contributed by atoms with Gasteiger partial charge in [0.25, 0.3) is 0 Å². The Morgan fingerprint density at radius 1 is 1.73 bits per heavy atom. The van der Waals surface area contributed by atoms with E-state index in [1.54, 1.807) is 6.92 Å². The molecule has 0 aromatic carbocycles. The van der Waals surface area contributed by atoms with E-state index in [0.29, 0.717) is 12.0 Å². The minimum Gasteiger partial charge on any atom is -0.416 e. The van der Waals surface area contributed by atoms with Crippen molar-refractivity contribution in [3.63, 3.8) is 0 Å². The summed E-state index contributed by atoms with van der Waals surface area (Å²) in [6, 6.07) is 0. The molecule has 11 heavy (non-hydrogen) atoms. The van der Waals surface area contributed by atoms with Crippen molar-refractivity contribution < 1.29 is 14.3 Å². The molecule has 0 heterocycles. The van der Waals surface area contributed by atoms with Crippen LogP contribution in [0.5, 0.6) is 0 Å². The molecule has 0 bridgehead atoms. The van der Waals surface area contributed by atoms with E-state index in [9.17, 15) is 9.59 Å². The molecule has 0 aliphatic carbocycles. The predicted molar refractivity (Wildman–Crippen MR) is 40.0 cm³/mol. The van der Waals surface area contributed by atoms with E-state index < -0.39 is 6.09 Å². The number of hydrogen-bond acceptors (Lipinski definition) is 3. The molecular weight excluding hydrogens is 146 g/mol. The van der Waals surface area contributed by atoms with Crippen LogP contribution in [0.1, 0.15) is 6.92 Å². The SMILES string of the molecule is C=C(C)OC(=O)N(C)CC=O. The van der Waals surface area contributed by atoms with Crippen LogP contribution >= 0.6 is 0 Å². The molecule has 4 nitrogen and oxygen atoms in total. The van der Waals surface area contributed by atoms with Gasteiger partial charge in [-0.3, -0.25) is 0 Å². The Morgan fingerprint density at radius 2 is 2.27 bits per heavy atom. The van der Waals surface area contributed by atoms with Crippen LogP contribution in [0.4, 0.5) is 4.79 Å². The van der Waals surface area contributed by atoms with Crippen LogP contribution in [0.3, 0.4) is 0 Å². The number of amides is 1. The maximum atomic E-state index is 10.8. The summed E-state index contributed by atoms with van der Waals surface area (Å²) in [7, 11) is 1.47. The quantitative estimate of drug-likeness (QED) is 0.449. The second-order valence-corrected chi connectivity index (χ2v) is 2.12. The Hall–Kier alpha value is -1.32. The van der Waals surface area contributed by atoms with Gasteiger partial charge in [-0.2, -0.15) is 0 Å². The van der Waals surface area contributed by atoms with Crippen molar-refractivity contribution >= 4 is 12.4 Å². The molecule has 0 aromatic rings. The molecule has 0 aliphatic heterocycles. The van der Waals surface area contributed by atoms with Crippen molar-refractivity contribution in [3.8, 4) is 0 Å². The van der Waals surface area contributed by atoms with Crippen LogP contribution in [0.15, 0.2) is 12.3 Å². The fourth-order valence-corrected chi connectivity index (χ4v) is 0.413. The molecule has 0 unspecified atom stereocenters. The normalized spacial score (nSPS) is 8.55. The van der Waals surface area contributed by atoms with Crippen LogP contribution in [0.2, 0.25) is 0 Å². The highest BCUT2D eigenvalue weighted by molar-refractivity contribution is 5.71. The number of rotatable bonds is 3. The minimum atomic E-state index is -0.565. The van der Waals surface area contributed by atoms with Crippen LogP contribution in [0.25, 0.3) is 0 Å². The lowest BCUT2D eigenvalue weighted by molar-refractivity contribution is -0.108. The number of carbonyl (C=O) groups is 2. The molecule has 1 amide bonds. The number of ether oxygens (including phenoxy) is 1. The maximum absolute atomic E-state index is 10.8. The second-order valence-electron chi connectivity index (χ2n) is 2.12. The first-order valence-corrected chi connectivity index (χ1v) is 3.10. The molecule has 0 aromatic heterocycles. The third-order valence-electron chi connectivity index (χ3n) is 0.922. The summed E-state index contributed by atoms with van der Waals surface area (Å²) >= 11 is 0. The smallest absolute Gasteiger partial charge is 0.415 e. The average molecular weight is 157 g/mol. The zero-order valence-electron chi connectivity index (χ0n) is 6.66. The molecule has 0 saturated heterocycles. The summed E-state index contributed by atoms with van der Waals surface area (Å²) in [5, 5.41) is 0. The van der Waals surface area contributed by atoms with Crippen LogP contribution in [0, 0.1) is 0 Å². The van der Waals surface area contributed by atoms with Crippen LogP contribution < -0.4 is 0 Å². The number of aldehydes is 1. The lowest BCUT2D eigenvalue weighted by Crippen LogP contribution is -2.28. The number of likely N-dealkylation sites (N-methyl/N-ethyl adjacent to an activating group) is 1. The Labute approximate surface area is 65.4 Å². The Balaban J connectivity index is 3.82. The van der Waals surface area contributed by atoms with E-state index in [2.05, 4.69) is 11.3 Å². The van der Waals surface area contributed by atoms with Crippen molar-refractivity contribution in [1.82, 2.24) is 4.90 Å². The summed E-state index contributed by atoms with van der Waals surface area (Å²) in [5.74, 6) is 0.313. The number of allylic oxidation sites excluding steroid dienone is 1. The van der Waals surface area contributed by atoms with Gasteiger partial charge >= 0.3 is 6.09 Å². The van der Waals surface area contributed by atoms with E-state index in [-0.39, 0.29) is 6.54 Å². The fourth-order valence-electron chi connectivity index (χ4n) is 0.413. The van der Waals surface area contributed by atoms with Gasteiger partial charge in [0.2, 0.25) is 0 Å². The first-order valence-electron chi connectivity index (χ1n) is 3.10. The largest absolute Gasteiger partial charge is 0.416 e. The predicted octanol–water partition coefficient (Wildman–Crippen LogP) is 0.787. The van der Waals surface area contributed by atoms with Crippen molar-refractivity contribution in [3.05, 3.63) is 12.3 Å². The third kappa shape index (κ3) is 4.13. The first kappa shape index (κ1) is 9.68. The van der Waals surface area contributed by atoms with Gasteiger partial charge in [0.05, 0.1) is 12.3 Å². The Morgan fingerprint density at radius 3 is 2.64 bits per heavy atom. The second kappa shape index (κ2) is 4.49. The summed E-state index contributed by atoms with van der Waals surface area (Å²) < 4.78 is 4.60. The molecule has 0 radical (unpaired) electrons. The molecule has 0 saturated carbocycles. The zero-order valence-corrected chi connectivity index (χ0v) is 6.66. The number of carbonyl (C=O) groups excluding carboxylic acids is 2. The van der Waals surface area contributed by atoms with Gasteiger partial charge in [0, 0.05) is 7.05 Å². The average Bonchev–Trinajstić information content (AvgIpc) is 1.86. The van der Waals surface area contributed by atoms with Gasteiger partial charge < -0.3 is 14.4 Å². The topological polar surface area (TPSA) is 46.6 Å². The summed E-state index contributed by atoms with van der Waals surface area (Å²) in [5.41, 5.74) is 0. The van der Waals surface area contributed by atoms with Crippen LogP contribution in [-0.2, 0) is 9.53 Å². The van der Waals surface area contributed by atoms with Gasteiger partial charge in [-0.15, -0.1) is 0 Å². The van der Waals surface area contributed by atoms with E-state index >= 15 is 0 Å². The summed E-state index contributed by atoms with van der Waals surface area (Å²) in [6.45, 7) is 4.98. The summed E-state index contributed by atoms with van der Waals surface area (Å²) in [4.78, 5) is 21.9. The molecule has 0 rings (SSSR count). The Bertz CT molecular complexity index is 177. The van der Waals surface area contributed by atoms with Crippen molar-refractivity contribution in [2.75, 3.05) is 13.6 Å². The van der Waals surface area contributed by atoms with Gasteiger partial charge in [-0.1, -0.05) is 6.58 Å². The fraction of sp³-hybridized carbons (Fsp3) is 0.429. The summed E-state index contributed by atoms with van der Waals surface area (Å²) in [6.07, 6.45) is 0.0595. The lowest BCUT2D eigenvalue weighted by atomic mass is 10.6. The van der Waals surface area contributed by atoms with E-state index in [1.165, 1.54) is 7.05 Å². The minimum absolute atomic E-state index is 0.0338. The standard InChI is InChI=1S/C7H11NO3/c1-6(2)11-7(10)8(3)4-5-9/h5H,1,4H2,2-3H3. The van der Waals surface area contributed by atoms with Crippen LogP contribution in [-0.4, -0.2) is 30.9 Å². The molecule has 0 fully saturated rings. The van der Waals surface area contributed by atoms with E-state index in [1.807, 2.05) is 0 Å². The molecular formula is C7H11NO3. The molecule has 0 N–H and O–H groups in total. The highest BCUT2D eigenvalue weighted by Gasteiger charge is 2.08. The van der Waals surface area contributed by atoms with Gasteiger partial charge in [-0.05, 0) is 6.92 Å². The highest BCUT2D eigenvalue weighted by Crippen LogP contribution is 1.95. The highest BCUT2D eigenvalue weighted by atomic mass is 16.6.